The molecule has 0 saturated carbocycles. The fraction of sp³-hybridized carbons (Fsp3) is 0.533. The summed E-state index contributed by atoms with van der Waals surface area (Å²) in [5, 5.41) is 8.85. The molecule has 5 nitrogen and oxygen atoms in total. The number of nitrogens with one attached hydrogen (secondary N) is 3. The van der Waals surface area contributed by atoms with Crippen LogP contribution in [0.3, 0.4) is 0 Å². The molecule has 1 aromatic rings. The zero-order valence-electron chi connectivity index (χ0n) is 12.5. The van der Waals surface area contributed by atoms with Gasteiger partial charge in [-0.3, -0.25) is 0 Å². The predicted molar refractivity (Wildman–Crippen MR) is 82.0 cm³/mol. The summed E-state index contributed by atoms with van der Waals surface area (Å²) in [7, 11) is 3.59. The van der Waals surface area contributed by atoms with E-state index in [2.05, 4.69) is 22.9 Å². The fourth-order valence-corrected chi connectivity index (χ4v) is 1.80. The molecule has 0 bridgehead atoms. The molecule has 1 aromatic carbocycles. The highest BCUT2D eigenvalue weighted by molar-refractivity contribution is 5.89. The molecule has 0 saturated heterocycles. The van der Waals surface area contributed by atoms with Crippen LogP contribution in [-0.2, 0) is 4.74 Å². The van der Waals surface area contributed by atoms with Crippen LogP contribution in [0.15, 0.2) is 24.3 Å². The Hall–Kier alpha value is -1.59. The van der Waals surface area contributed by atoms with E-state index < -0.39 is 0 Å². The van der Waals surface area contributed by atoms with E-state index in [9.17, 15) is 4.79 Å². The molecule has 0 aliphatic carbocycles. The number of carbonyl (C=O) groups excluding carboxylic acids is 1. The van der Waals surface area contributed by atoms with Crippen molar-refractivity contribution in [3.8, 4) is 0 Å². The summed E-state index contributed by atoms with van der Waals surface area (Å²) < 4.78 is 4.96. The highest BCUT2D eigenvalue weighted by Gasteiger charge is 2.05. The number of rotatable bonds is 8. The first-order valence-electron chi connectivity index (χ1n) is 6.98. The molecule has 3 N–H and O–H groups in total. The van der Waals surface area contributed by atoms with Gasteiger partial charge >= 0.3 is 6.03 Å². The van der Waals surface area contributed by atoms with Crippen LogP contribution in [0.25, 0.3) is 0 Å². The third-order valence-corrected chi connectivity index (χ3v) is 3.14. The Bertz CT molecular complexity index is 410. The van der Waals surface area contributed by atoms with Gasteiger partial charge in [0.1, 0.15) is 0 Å². The van der Waals surface area contributed by atoms with Crippen molar-refractivity contribution in [2.45, 2.75) is 25.8 Å². The zero-order valence-corrected chi connectivity index (χ0v) is 12.5. The van der Waals surface area contributed by atoms with Crippen molar-refractivity contribution >= 4 is 11.7 Å². The molecule has 1 atom stereocenters. The van der Waals surface area contributed by atoms with E-state index in [-0.39, 0.29) is 12.1 Å². The van der Waals surface area contributed by atoms with Gasteiger partial charge in [0, 0.05) is 32.0 Å². The van der Waals surface area contributed by atoms with Gasteiger partial charge < -0.3 is 20.7 Å². The first-order valence-corrected chi connectivity index (χ1v) is 6.98. The van der Waals surface area contributed by atoms with Crippen LogP contribution in [0.1, 0.15) is 31.4 Å². The Kier molecular flexibility index (Phi) is 7.69. The Balaban J connectivity index is 2.38. The number of carbonyl (C=O) groups is 1. The third-order valence-electron chi connectivity index (χ3n) is 3.14. The SMILES string of the molecule is CNC(C)c1cccc(NC(=O)NCCCCOC)c1. The summed E-state index contributed by atoms with van der Waals surface area (Å²) in [6.45, 7) is 3.46. The summed E-state index contributed by atoms with van der Waals surface area (Å²) in [5.41, 5.74) is 1.95. The number of hydrogen-bond acceptors (Lipinski definition) is 3. The molecule has 0 spiro atoms. The number of benzene rings is 1. The van der Waals surface area contributed by atoms with Gasteiger partial charge in [0.05, 0.1) is 0 Å². The lowest BCUT2D eigenvalue weighted by molar-refractivity contribution is 0.192. The number of anilines is 1. The fourth-order valence-electron chi connectivity index (χ4n) is 1.80. The van der Waals surface area contributed by atoms with Crippen LogP contribution >= 0.6 is 0 Å². The van der Waals surface area contributed by atoms with Crippen molar-refractivity contribution in [1.29, 1.82) is 0 Å². The Labute approximate surface area is 121 Å². The molecule has 0 aliphatic heterocycles. The molecule has 0 radical (unpaired) electrons. The van der Waals surface area contributed by atoms with Gasteiger partial charge in [-0.2, -0.15) is 0 Å². The highest BCUT2D eigenvalue weighted by atomic mass is 16.5. The van der Waals surface area contributed by atoms with Crippen molar-refractivity contribution in [3.05, 3.63) is 29.8 Å². The molecule has 0 heterocycles. The second-order valence-electron chi connectivity index (χ2n) is 4.72. The Morgan fingerprint density at radius 2 is 2.15 bits per heavy atom. The molecule has 20 heavy (non-hydrogen) atoms. The average molecular weight is 279 g/mol. The monoisotopic (exact) mass is 279 g/mol. The number of hydrogen-bond donors (Lipinski definition) is 3. The molecule has 0 fully saturated rings. The van der Waals surface area contributed by atoms with E-state index in [0.717, 1.165) is 30.7 Å². The standard InChI is InChI=1S/C15H25N3O2/c1-12(16-2)13-7-6-8-14(11-13)18-15(19)17-9-4-5-10-20-3/h6-8,11-12,16H,4-5,9-10H2,1-3H3,(H2,17,18,19). The summed E-state index contributed by atoms with van der Waals surface area (Å²) >= 11 is 0. The molecule has 1 unspecified atom stereocenters. The van der Waals surface area contributed by atoms with Gasteiger partial charge in [0.25, 0.3) is 0 Å². The van der Waals surface area contributed by atoms with Gasteiger partial charge in [0.15, 0.2) is 0 Å². The van der Waals surface area contributed by atoms with E-state index >= 15 is 0 Å². The van der Waals surface area contributed by atoms with E-state index in [1.807, 2.05) is 31.3 Å². The van der Waals surface area contributed by atoms with Crippen molar-refractivity contribution < 1.29 is 9.53 Å². The van der Waals surface area contributed by atoms with E-state index in [1.165, 1.54) is 0 Å². The van der Waals surface area contributed by atoms with Crippen molar-refractivity contribution in [1.82, 2.24) is 10.6 Å². The minimum atomic E-state index is -0.170. The Morgan fingerprint density at radius 1 is 1.35 bits per heavy atom. The zero-order chi connectivity index (χ0) is 14.8. The molecular weight excluding hydrogens is 254 g/mol. The normalized spacial score (nSPS) is 11.9. The molecule has 0 aromatic heterocycles. The lowest BCUT2D eigenvalue weighted by Gasteiger charge is -2.13. The number of methoxy groups -OCH3 is 1. The maximum Gasteiger partial charge on any atom is 0.319 e. The van der Waals surface area contributed by atoms with E-state index in [0.29, 0.717) is 6.54 Å². The molecule has 0 aliphatic rings. The number of amides is 2. The largest absolute Gasteiger partial charge is 0.385 e. The van der Waals surface area contributed by atoms with Gasteiger partial charge in [-0.05, 0) is 44.5 Å². The summed E-state index contributed by atoms with van der Waals surface area (Å²) in [5.74, 6) is 0. The summed E-state index contributed by atoms with van der Waals surface area (Å²) in [4.78, 5) is 11.7. The second kappa shape index (κ2) is 9.34. The van der Waals surface area contributed by atoms with Crippen LogP contribution in [-0.4, -0.2) is 33.3 Å². The lowest BCUT2D eigenvalue weighted by atomic mass is 10.1. The lowest BCUT2D eigenvalue weighted by Crippen LogP contribution is -2.29. The molecule has 112 valence electrons. The topological polar surface area (TPSA) is 62.4 Å². The van der Waals surface area contributed by atoms with Crippen LogP contribution in [0.4, 0.5) is 10.5 Å². The van der Waals surface area contributed by atoms with E-state index in [4.69, 9.17) is 4.74 Å². The van der Waals surface area contributed by atoms with Crippen molar-refractivity contribution in [3.63, 3.8) is 0 Å². The van der Waals surface area contributed by atoms with Crippen LogP contribution in [0.2, 0.25) is 0 Å². The highest BCUT2D eigenvalue weighted by Crippen LogP contribution is 2.16. The van der Waals surface area contributed by atoms with E-state index in [1.54, 1.807) is 7.11 Å². The van der Waals surface area contributed by atoms with Crippen LogP contribution in [0.5, 0.6) is 0 Å². The first kappa shape index (κ1) is 16.5. The van der Waals surface area contributed by atoms with Gasteiger partial charge in [0.2, 0.25) is 0 Å². The smallest absolute Gasteiger partial charge is 0.319 e. The third kappa shape index (κ3) is 6.04. The van der Waals surface area contributed by atoms with Gasteiger partial charge in [-0.1, -0.05) is 12.1 Å². The van der Waals surface area contributed by atoms with Crippen molar-refractivity contribution in [2.75, 3.05) is 32.6 Å². The van der Waals surface area contributed by atoms with Gasteiger partial charge in [-0.25, -0.2) is 4.79 Å². The maximum atomic E-state index is 11.7. The minimum Gasteiger partial charge on any atom is -0.385 e. The molecule has 1 rings (SSSR count). The minimum absolute atomic E-state index is 0.170. The quantitative estimate of drug-likeness (QED) is 0.641. The number of unbranched alkanes of at least 4 members (excludes halogenated alkanes) is 1. The van der Waals surface area contributed by atoms with Crippen LogP contribution in [0, 0.1) is 0 Å². The maximum absolute atomic E-state index is 11.7. The second-order valence-corrected chi connectivity index (χ2v) is 4.72. The first-order chi connectivity index (χ1) is 9.67. The summed E-state index contributed by atoms with van der Waals surface area (Å²) in [6.07, 6.45) is 1.87. The predicted octanol–water partition coefficient (Wildman–Crippen LogP) is 2.52. The average Bonchev–Trinajstić information content (AvgIpc) is 2.46. The molecule has 2 amide bonds. The molecular formula is C15H25N3O2. The number of ether oxygens (including phenoxy) is 1. The molecule has 5 heteroatoms. The van der Waals surface area contributed by atoms with Crippen molar-refractivity contribution in [2.24, 2.45) is 0 Å². The van der Waals surface area contributed by atoms with Gasteiger partial charge in [-0.15, -0.1) is 0 Å². The number of urea groups is 1. The van der Waals surface area contributed by atoms with Crippen LogP contribution < -0.4 is 16.0 Å². The Morgan fingerprint density at radius 3 is 2.85 bits per heavy atom. The summed E-state index contributed by atoms with van der Waals surface area (Å²) in [6, 6.07) is 7.93.